The fourth-order valence-corrected chi connectivity index (χ4v) is 4.38. The van der Waals surface area contributed by atoms with Crippen LogP contribution in [-0.2, 0) is 4.74 Å². The Morgan fingerprint density at radius 3 is 2.06 bits per heavy atom. The number of para-hydroxylation sites is 1. The minimum atomic E-state index is -0.549. The quantitative estimate of drug-likeness (QED) is 0.226. The van der Waals surface area contributed by atoms with Crippen molar-refractivity contribution in [3.8, 4) is 0 Å². The lowest BCUT2D eigenvalue weighted by Gasteiger charge is -2.25. The molecule has 0 aromatic heterocycles. The van der Waals surface area contributed by atoms with Gasteiger partial charge in [0.15, 0.2) is 0 Å². The van der Waals surface area contributed by atoms with Crippen LogP contribution in [0.5, 0.6) is 0 Å². The van der Waals surface area contributed by atoms with Crippen LogP contribution >= 0.6 is 0 Å². The van der Waals surface area contributed by atoms with Gasteiger partial charge in [0.1, 0.15) is 0 Å². The van der Waals surface area contributed by atoms with E-state index in [-0.39, 0.29) is 34.4 Å². The van der Waals surface area contributed by atoms with Gasteiger partial charge in [-0.1, -0.05) is 84.6 Å². The first kappa shape index (κ1) is 24.7. The molecule has 33 heavy (non-hydrogen) atoms. The third-order valence-electron chi connectivity index (χ3n) is 6.18. The number of nitrogens with zero attached hydrogens (tertiary/aromatic N) is 1. The number of amides is 2. The van der Waals surface area contributed by atoms with Crippen molar-refractivity contribution in [3.05, 3.63) is 64.2 Å². The minimum absolute atomic E-state index is 0.125. The zero-order valence-corrected chi connectivity index (χ0v) is 20.4. The van der Waals surface area contributed by atoms with E-state index in [0.29, 0.717) is 12.3 Å². The number of anilines is 1. The normalized spacial score (nSPS) is 13.2. The van der Waals surface area contributed by atoms with E-state index in [0.717, 1.165) is 36.8 Å². The first-order chi connectivity index (χ1) is 15.8. The Morgan fingerprint density at radius 1 is 0.848 bits per heavy atom. The summed E-state index contributed by atoms with van der Waals surface area (Å²) in [6, 6.07) is 10.7. The number of hydrogen-bond donors (Lipinski definition) is 0. The Labute approximate surface area is 197 Å². The fraction of sp³-hybridized carbons (Fsp3) is 0.464. The minimum Gasteiger partial charge on any atom is -0.462 e. The third-order valence-corrected chi connectivity index (χ3v) is 6.18. The second-order valence-corrected chi connectivity index (χ2v) is 9.32. The SMILES string of the molecule is CCCCCCCOC(=O)c1cccc2c1C(=O)N(c1c(C(C)C)cccc1C(C)C)C2=O. The van der Waals surface area contributed by atoms with Crippen molar-refractivity contribution >= 4 is 23.5 Å². The number of fused-ring (bicyclic) bond motifs is 1. The molecule has 0 atom stereocenters. The highest BCUT2D eigenvalue weighted by atomic mass is 16.5. The number of rotatable bonds is 10. The van der Waals surface area contributed by atoms with Crippen molar-refractivity contribution in [1.29, 1.82) is 0 Å². The molecule has 0 saturated carbocycles. The summed E-state index contributed by atoms with van der Waals surface area (Å²) in [5.41, 5.74) is 3.08. The van der Waals surface area contributed by atoms with Crippen molar-refractivity contribution in [2.75, 3.05) is 11.5 Å². The molecule has 0 aliphatic carbocycles. The summed E-state index contributed by atoms with van der Waals surface area (Å²) < 4.78 is 5.46. The number of carbonyl (C=O) groups excluding carboxylic acids is 3. The number of hydrogen-bond acceptors (Lipinski definition) is 4. The smallest absolute Gasteiger partial charge is 0.338 e. The van der Waals surface area contributed by atoms with Crippen molar-refractivity contribution in [3.63, 3.8) is 0 Å². The first-order valence-electron chi connectivity index (χ1n) is 12.1. The number of benzene rings is 2. The molecule has 2 amide bonds. The van der Waals surface area contributed by atoms with E-state index in [2.05, 4.69) is 6.92 Å². The third kappa shape index (κ3) is 5.02. The van der Waals surface area contributed by atoms with Gasteiger partial charge in [0.2, 0.25) is 0 Å². The molecule has 0 spiro atoms. The van der Waals surface area contributed by atoms with Crippen LogP contribution in [0.15, 0.2) is 36.4 Å². The number of esters is 1. The summed E-state index contributed by atoms with van der Waals surface area (Å²) in [5, 5.41) is 0. The van der Waals surface area contributed by atoms with Gasteiger partial charge in [0.25, 0.3) is 11.8 Å². The summed E-state index contributed by atoms with van der Waals surface area (Å²) >= 11 is 0. The monoisotopic (exact) mass is 449 g/mol. The van der Waals surface area contributed by atoms with E-state index in [1.807, 2.05) is 45.9 Å². The molecule has 0 fully saturated rings. The summed E-state index contributed by atoms with van der Waals surface area (Å²) in [4.78, 5) is 41.2. The molecule has 2 aromatic rings. The molecule has 0 radical (unpaired) electrons. The molecular weight excluding hydrogens is 414 g/mol. The Balaban J connectivity index is 1.93. The number of unbranched alkanes of at least 4 members (excludes halogenated alkanes) is 4. The Kier molecular flexibility index (Phi) is 8.06. The Bertz CT molecular complexity index is 1010. The van der Waals surface area contributed by atoms with Crippen LogP contribution < -0.4 is 4.90 Å². The van der Waals surface area contributed by atoms with Gasteiger partial charge >= 0.3 is 5.97 Å². The molecule has 3 rings (SSSR count). The van der Waals surface area contributed by atoms with Crippen LogP contribution in [-0.4, -0.2) is 24.4 Å². The maximum atomic E-state index is 13.6. The topological polar surface area (TPSA) is 63.7 Å². The lowest BCUT2D eigenvalue weighted by molar-refractivity contribution is 0.0494. The van der Waals surface area contributed by atoms with Gasteiger partial charge in [-0.15, -0.1) is 0 Å². The Hall–Kier alpha value is -2.95. The Morgan fingerprint density at radius 2 is 1.45 bits per heavy atom. The predicted molar refractivity (Wildman–Crippen MR) is 131 cm³/mol. The number of imide groups is 1. The van der Waals surface area contributed by atoms with Crippen LogP contribution in [0.2, 0.25) is 0 Å². The average Bonchev–Trinajstić information content (AvgIpc) is 3.05. The second kappa shape index (κ2) is 10.8. The summed E-state index contributed by atoms with van der Waals surface area (Å²) in [7, 11) is 0. The van der Waals surface area contributed by atoms with Gasteiger partial charge < -0.3 is 4.74 Å². The van der Waals surface area contributed by atoms with E-state index in [1.54, 1.807) is 18.2 Å². The molecule has 5 heteroatoms. The summed E-state index contributed by atoms with van der Waals surface area (Å²) in [6.07, 6.45) is 5.23. The number of carbonyl (C=O) groups is 3. The molecule has 0 N–H and O–H groups in total. The molecule has 1 aliphatic heterocycles. The molecule has 1 aliphatic rings. The standard InChI is InChI=1S/C28H35NO4/c1-6-7-8-9-10-17-33-28(32)23-16-12-15-22-24(23)27(31)29(26(22)30)25-20(18(2)3)13-11-14-21(25)19(4)5/h11-16,18-19H,6-10,17H2,1-5H3. The van der Waals surface area contributed by atoms with Gasteiger partial charge in [-0.3, -0.25) is 9.59 Å². The molecule has 1 heterocycles. The van der Waals surface area contributed by atoms with Crippen molar-refractivity contribution in [2.24, 2.45) is 0 Å². The van der Waals surface area contributed by atoms with E-state index in [1.165, 1.54) is 11.3 Å². The van der Waals surface area contributed by atoms with Crippen molar-refractivity contribution < 1.29 is 19.1 Å². The molecular formula is C28H35NO4. The average molecular weight is 450 g/mol. The van der Waals surface area contributed by atoms with Crippen molar-refractivity contribution in [2.45, 2.75) is 78.6 Å². The lowest BCUT2D eigenvalue weighted by Crippen LogP contribution is -2.32. The molecule has 5 nitrogen and oxygen atoms in total. The maximum absolute atomic E-state index is 13.6. The lowest BCUT2D eigenvalue weighted by atomic mass is 9.92. The number of ether oxygens (including phenoxy) is 1. The largest absolute Gasteiger partial charge is 0.462 e. The summed E-state index contributed by atoms with van der Waals surface area (Å²) in [5.74, 6) is -1.15. The van der Waals surface area contributed by atoms with E-state index in [4.69, 9.17) is 4.74 Å². The molecule has 2 aromatic carbocycles. The molecule has 0 saturated heterocycles. The van der Waals surface area contributed by atoms with Crippen LogP contribution in [0.4, 0.5) is 5.69 Å². The van der Waals surface area contributed by atoms with Crippen LogP contribution in [0.3, 0.4) is 0 Å². The van der Waals surface area contributed by atoms with E-state index >= 15 is 0 Å². The molecule has 176 valence electrons. The maximum Gasteiger partial charge on any atom is 0.338 e. The highest BCUT2D eigenvalue weighted by molar-refractivity contribution is 6.36. The fourth-order valence-electron chi connectivity index (χ4n) is 4.38. The zero-order chi connectivity index (χ0) is 24.1. The molecule has 0 bridgehead atoms. The van der Waals surface area contributed by atoms with E-state index in [9.17, 15) is 14.4 Å². The zero-order valence-electron chi connectivity index (χ0n) is 20.4. The van der Waals surface area contributed by atoms with Crippen LogP contribution in [0.25, 0.3) is 0 Å². The van der Waals surface area contributed by atoms with Crippen molar-refractivity contribution in [1.82, 2.24) is 0 Å². The van der Waals surface area contributed by atoms with Gasteiger partial charge in [-0.25, -0.2) is 9.69 Å². The first-order valence-corrected chi connectivity index (χ1v) is 12.1. The van der Waals surface area contributed by atoms with Gasteiger partial charge in [0.05, 0.1) is 29.0 Å². The van der Waals surface area contributed by atoms with Gasteiger partial charge in [0, 0.05) is 0 Å². The summed E-state index contributed by atoms with van der Waals surface area (Å²) in [6.45, 7) is 10.6. The highest BCUT2D eigenvalue weighted by Gasteiger charge is 2.42. The highest BCUT2D eigenvalue weighted by Crippen LogP contribution is 2.40. The van der Waals surface area contributed by atoms with E-state index < -0.39 is 11.9 Å². The van der Waals surface area contributed by atoms with Crippen LogP contribution in [0, 0.1) is 0 Å². The van der Waals surface area contributed by atoms with Gasteiger partial charge in [-0.2, -0.15) is 0 Å². The van der Waals surface area contributed by atoms with Gasteiger partial charge in [-0.05, 0) is 41.5 Å². The predicted octanol–water partition coefficient (Wildman–Crippen LogP) is 6.86. The second-order valence-electron chi connectivity index (χ2n) is 9.32. The molecule has 0 unspecified atom stereocenters. The van der Waals surface area contributed by atoms with Crippen LogP contribution in [0.1, 0.15) is 121 Å².